The Balaban J connectivity index is 3.04. The number of ether oxygens (including phenoxy) is 1. The maximum atomic E-state index is 12.3. The number of nitrogens with zero attached hydrogens (tertiary/aromatic N) is 1. The normalized spacial score (nSPS) is 13.1. The fourth-order valence-electron chi connectivity index (χ4n) is 1.81. The first-order chi connectivity index (χ1) is 9.85. The van der Waals surface area contributed by atoms with Crippen molar-refractivity contribution in [3.63, 3.8) is 0 Å². The molecule has 10 heteroatoms. The summed E-state index contributed by atoms with van der Waals surface area (Å²) in [7, 11) is -0.806. The summed E-state index contributed by atoms with van der Waals surface area (Å²) in [5, 5.41) is 13.7. The molecule has 0 amide bonds. The number of sulfonamides is 1. The maximum Gasteiger partial charge on any atom is 0.304 e. The molecule has 0 spiro atoms. The number of hydrogen-bond acceptors (Lipinski definition) is 7. The van der Waals surface area contributed by atoms with E-state index in [0.29, 0.717) is 6.42 Å². The van der Waals surface area contributed by atoms with Crippen LogP contribution >= 0.6 is 11.3 Å². The van der Waals surface area contributed by atoms with Crippen LogP contribution in [-0.4, -0.2) is 40.1 Å². The topological polar surface area (TPSA) is 111 Å². The molecular weight excluding hydrogens is 318 g/mol. The van der Waals surface area contributed by atoms with Crippen molar-refractivity contribution in [3.8, 4) is 0 Å². The van der Waals surface area contributed by atoms with E-state index in [9.17, 15) is 18.5 Å². The molecule has 2 N–H and O–H groups in total. The number of thiophene rings is 1. The molecule has 8 nitrogen and oxygen atoms in total. The van der Waals surface area contributed by atoms with Crippen LogP contribution in [0.2, 0.25) is 0 Å². The third kappa shape index (κ3) is 4.63. The molecule has 1 unspecified atom stereocenters. The molecule has 1 heterocycles. The van der Waals surface area contributed by atoms with E-state index in [1.54, 1.807) is 0 Å². The molecule has 0 aliphatic rings. The monoisotopic (exact) mass is 337 g/mol. The lowest BCUT2D eigenvalue weighted by Crippen LogP contribution is -2.37. The first-order valence-electron chi connectivity index (χ1n) is 6.33. The highest BCUT2D eigenvalue weighted by molar-refractivity contribution is 7.91. The van der Waals surface area contributed by atoms with E-state index >= 15 is 0 Å². The zero-order valence-corrected chi connectivity index (χ0v) is 13.7. The highest BCUT2D eigenvalue weighted by atomic mass is 32.2. The second-order valence-corrected chi connectivity index (χ2v) is 7.34. The van der Waals surface area contributed by atoms with Crippen LogP contribution in [0.3, 0.4) is 0 Å². The van der Waals surface area contributed by atoms with Gasteiger partial charge in [0, 0.05) is 26.3 Å². The lowest BCUT2D eigenvalue weighted by molar-refractivity contribution is -0.383. The van der Waals surface area contributed by atoms with Gasteiger partial charge in [0.05, 0.1) is 11.5 Å². The van der Waals surface area contributed by atoms with Crippen molar-refractivity contribution in [2.24, 2.45) is 0 Å². The minimum atomic E-state index is -3.81. The molecule has 0 aliphatic heterocycles. The SMILES string of the molecule is CCCC(COC)NS(=O)(=O)c1cc([N+](=O)[O-])c(NC)s1. The number of methoxy groups -OCH3 is 1. The Hall–Kier alpha value is -1.23. The van der Waals surface area contributed by atoms with Crippen molar-refractivity contribution in [1.29, 1.82) is 0 Å². The van der Waals surface area contributed by atoms with Gasteiger partial charge in [-0.1, -0.05) is 24.7 Å². The Morgan fingerprint density at radius 1 is 1.52 bits per heavy atom. The quantitative estimate of drug-likeness (QED) is 0.525. The van der Waals surface area contributed by atoms with Crippen molar-refractivity contribution in [3.05, 3.63) is 16.2 Å². The Kier molecular flexibility index (Phi) is 6.52. The van der Waals surface area contributed by atoms with E-state index in [4.69, 9.17) is 4.74 Å². The van der Waals surface area contributed by atoms with Crippen LogP contribution in [0.5, 0.6) is 0 Å². The van der Waals surface area contributed by atoms with Crippen LogP contribution in [0.1, 0.15) is 19.8 Å². The van der Waals surface area contributed by atoms with Crippen LogP contribution in [-0.2, 0) is 14.8 Å². The van der Waals surface area contributed by atoms with Crippen molar-refractivity contribution in [2.75, 3.05) is 26.1 Å². The van der Waals surface area contributed by atoms with Crippen LogP contribution in [0.15, 0.2) is 10.3 Å². The second-order valence-electron chi connectivity index (χ2n) is 4.35. The molecule has 0 bridgehead atoms. The first kappa shape index (κ1) is 17.8. The van der Waals surface area contributed by atoms with E-state index in [-0.39, 0.29) is 27.5 Å². The number of anilines is 1. The third-order valence-electron chi connectivity index (χ3n) is 2.71. The lowest BCUT2D eigenvalue weighted by Gasteiger charge is -2.16. The van der Waals surface area contributed by atoms with Gasteiger partial charge in [-0.25, -0.2) is 13.1 Å². The van der Waals surface area contributed by atoms with Crippen molar-refractivity contribution in [2.45, 2.75) is 30.0 Å². The largest absolute Gasteiger partial charge is 0.383 e. The Morgan fingerprint density at radius 3 is 2.62 bits per heavy atom. The fourth-order valence-corrected chi connectivity index (χ4v) is 4.36. The summed E-state index contributed by atoms with van der Waals surface area (Å²) in [6.45, 7) is 2.19. The Morgan fingerprint density at radius 2 is 2.19 bits per heavy atom. The molecule has 0 radical (unpaired) electrons. The van der Waals surface area contributed by atoms with Crippen molar-refractivity contribution in [1.82, 2.24) is 4.72 Å². The number of nitrogens with one attached hydrogen (secondary N) is 2. The fraction of sp³-hybridized carbons (Fsp3) is 0.636. The van der Waals surface area contributed by atoms with Gasteiger partial charge in [-0.15, -0.1) is 0 Å². The average Bonchev–Trinajstić information content (AvgIpc) is 2.84. The van der Waals surface area contributed by atoms with Gasteiger partial charge in [-0.3, -0.25) is 10.1 Å². The molecular formula is C11H19N3O5S2. The minimum Gasteiger partial charge on any atom is -0.383 e. The molecule has 0 saturated carbocycles. The van der Waals surface area contributed by atoms with E-state index < -0.39 is 14.9 Å². The van der Waals surface area contributed by atoms with Gasteiger partial charge in [0.15, 0.2) is 5.00 Å². The van der Waals surface area contributed by atoms with Crippen LogP contribution in [0, 0.1) is 10.1 Å². The van der Waals surface area contributed by atoms with Crippen molar-refractivity contribution >= 4 is 32.0 Å². The van der Waals surface area contributed by atoms with Gasteiger partial charge in [0.1, 0.15) is 4.21 Å². The lowest BCUT2D eigenvalue weighted by atomic mass is 10.2. The number of hydrogen-bond donors (Lipinski definition) is 2. The summed E-state index contributed by atoms with van der Waals surface area (Å²) < 4.78 is 32.0. The average molecular weight is 337 g/mol. The standard InChI is InChI=1S/C11H19N3O5S2/c1-4-5-8(7-19-3)13-21(17,18)10-6-9(14(15)16)11(12-2)20-10/h6,8,12-13H,4-5,7H2,1-3H3. The summed E-state index contributed by atoms with van der Waals surface area (Å²) in [6.07, 6.45) is 1.42. The Labute approximate surface area is 127 Å². The van der Waals surface area contributed by atoms with E-state index in [1.807, 2.05) is 6.92 Å². The van der Waals surface area contributed by atoms with Gasteiger partial charge in [0.2, 0.25) is 0 Å². The van der Waals surface area contributed by atoms with Crippen LogP contribution in [0.4, 0.5) is 10.7 Å². The molecule has 1 aromatic rings. The van der Waals surface area contributed by atoms with Gasteiger partial charge in [-0.05, 0) is 6.42 Å². The summed E-state index contributed by atoms with van der Waals surface area (Å²) in [6, 6.07) is 0.707. The zero-order valence-electron chi connectivity index (χ0n) is 12.1. The second kappa shape index (κ2) is 7.69. The summed E-state index contributed by atoms with van der Waals surface area (Å²) in [5.41, 5.74) is -0.248. The zero-order chi connectivity index (χ0) is 16.0. The van der Waals surface area contributed by atoms with E-state index in [0.717, 1.165) is 23.8 Å². The predicted octanol–water partition coefficient (Wildman–Crippen LogP) is 1.79. The molecule has 0 saturated heterocycles. The molecule has 0 fully saturated rings. The maximum absolute atomic E-state index is 12.3. The summed E-state index contributed by atoms with van der Waals surface area (Å²) in [5.74, 6) is 0. The molecule has 21 heavy (non-hydrogen) atoms. The molecule has 120 valence electrons. The molecule has 0 aromatic carbocycles. The molecule has 1 atom stereocenters. The predicted molar refractivity (Wildman–Crippen MR) is 81.4 cm³/mol. The summed E-state index contributed by atoms with van der Waals surface area (Å²) >= 11 is 0.829. The van der Waals surface area contributed by atoms with Crippen LogP contribution < -0.4 is 10.0 Å². The van der Waals surface area contributed by atoms with Gasteiger partial charge >= 0.3 is 5.69 Å². The van der Waals surface area contributed by atoms with Crippen LogP contribution in [0.25, 0.3) is 0 Å². The van der Waals surface area contributed by atoms with E-state index in [1.165, 1.54) is 14.2 Å². The van der Waals surface area contributed by atoms with Gasteiger partial charge < -0.3 is 10.1 Å². The van der Waals surface area contributed by atoms with Crippen molar-refractivity contribution < 1.29 is 18.1 Å². The van der Waals surface area contributed by atoms with Gasteiger partial charge in [-0.2, -0.15) is 0 Å². The molecule has 1 rings (SSSR count). The smallest absolute Gasteiger partial charge is 0.304 e. The van der Waals surface area contributed by atoms with E-state index in [2.05, 4.69) is 10.0 Å². The first-order valence-corrected chi connectivity index (χ1v) is 8.62. The van der Waals surface area contributed by atoms with Gasteiger partial charge in [0.25, 0.3) is 10.0 Å². The number of rotatable bonds is 9. The Bertz CT molecular complexity index is 579. The number of nitro groups is 1. The molecule has 0 aliphatic carbocycles. The highest BCUT2D eigenvalue weighted by Crippen LogP contribution is 2.36. The minimum absolute atomic E-state index is 0.0873. The summed E-state index contributed by atoms with van der Waals surface area (Å²) in [4.78, 5) is 10.3. The highest BCUT2D eigenvalue weighted by Gasteiger charge is 2.27. The molecule has 1 aromatic heterocycles. The third-order valence-corrected chi connectivity index (χ3v) is 5.84.